The molecule has 1 aromatic heterocycles. The normalized spacial score (nSPS) is 11.7. The zero-order chi connectivity index (χ0) is 26.8. The Hall–Kier alpha value is -3.15. The summed E-state index contributed by atoms with van der Waals surface area (Å²) in [5.41, 5.74) is 7.22. The smallest absolute Gasteiger partial charge is 0.413 e. The van der Waals surface area contributed by atoms with E-state index in [9.17, 15) is 18.0 Å². The largest absolute Gasteiger partial charge is 0.444 e. The summed E-state index contributed by atoms with van der Waals surface area (Å²) in [5, 5.41) is 10.6. The number of carbonyl (C=O) groups is 2. The van der Waals surface area contributed by atoms with Gasteiger partial charge in [0.15, 0.2) is 0 Å². The van der Waals surface area contributed by atoms with Crippen LogP contribution in [0.15, 0.2) is 62.5 Å². The molecule has 3 aromatic rings. The Labute approximate surface area is 218 Å². The van der Waals surface area contributed by atoms with E-state index in [4.69, 9.17) is 15.9 Å². The monoisotopic (exact) mass is 545 g/mol. The fraction of sp³-hybridized carbons (Fsp3) is 0.240. The van der Waals surface area contributed by atoms with Gasteiger partial charge in [0, 0.05) is 5.56 Å². The summed E-state index contributed by atoms with van der Waals surface area (Å²) in [6.45, 7) is 6.95. The number of nitrogens with one attached hydrogen (secondary N) is 2. The molecule has 11 heteroatoms. The maximum atomic E-state index is 13.6. The number of carbonyl (C=O) groups excluding carboxylic acids is 2. The maximum Gasteiger partial charge on any atom is 0.413 e. The number of alkyl carbamates (subject to hydrolysis) is 1. The molecule has 1 heterocycles. The number of primary amides is 1. The third-order valence-electron chi connectivity index (χ3n) is 4.98. The fourth-order valence-electron chi connectivity index (χ4n) is 3.38. The van der Waals surface area contributed by atoms with Crippen molar-refractivity contribution in [1.29, 1.82) is 5.41 Å². The second-order valence-corrected chi connectivity index (χ2v) is 12.9. The number of rotatable bonds is 6. The first-order valence-electron chi connectivity index (χ1n) is 10.8. The van der Waals surface area contributed by atoms with Crippen molar-refractivity contribution in [2.24, 2.45) is 5.73 Å². The highest BCUT2D eigenvalue weighted by Gasteiger charge is 2.27. The Morgan fingerprint density at radius 1 is 1.11 bits per heavy atom. The van der Waals surface area contributed by atoms with Crippen molar-refractivity contribution in [3.8, 4) is 11.1 Å². The highest BCUT2D eigenvalue weighted by molar-refractivity contribution is 8.01. The van der Waals surface area contributed by atoms with Crippen LogP contribution in [0.25, 0.3) is 11.1 Å². The highest BCUT2D eigenvalue weighted by Crippen LogP contribution is 2.38. The van der Waals surface area contributed by atoms with Gasteiger partial charge in [0.1, 0.15) is 11.4 Å². The predicted octanol–water partition coefficient (Wildman–Crippen LogP) is 5.23. The molecule has 3 rings (SSSR count). The van der Waals surface area contributed by atoms with E-state index in [-0.39, 0.29) is 20.5 Å². The van der Waals surface area contributed by atoms with Crippen molar-refractivity contribution in [1.82, 2.24) is 5.32 Å². The summed E-state index contributed by atoms with van der Waals surface area (Å²) < 4.78 is 32.9. The number of ether oxygens (including phenoxy) is 1. The second kappa shape index (κ2) is 10.5. The van der Waals surface area contributed by atoms with Crippen LogP contribution in [-0.2, 0) is 14.6 Å². The number of thiophene rings is 1. The van der Waals surface area contributed by atoms with Gasteiger partial charge < -0.3 is 10.5 Å². The van der Waals surface area contributed by atoms with Crippen molar-refractivity contribution < 1.29 is 22.7 Å². The molecule has 36 heavy (non-hydrogen) atoms. The Bertz CT molecular complexity index is 1450. The van der Waals surface area contributed by atoms with Crippen LogP contribution >= 0.6 is 23.1 Å². The lowest BCUT2D eigenvalue weighted by Gasteiger charge is -2.19. The molecule has 0 spiro atoms. The van der Waals surface area contributed by atoms with Gasteiger partial charge in [0.05, 0.1) is 18.9 Å². The molecule has 0 aliphatic rings. The zero-order valence-corrected chi connectivity index (χ0v) is 22.9. The number of amidine groups is 1. The number of thioether (sulfide) groups is 1. The van der Waals surface area contributed by atoms with E-state index in [1.54, 1.807) is 63.4 Å². The van der Waals surface area contributed by atoms with Gasteiger partial charge in [-0.2, -0.15) is 0 Å². The average molecular weight is 546 g/mol. The Morgan fingerprint density at radius 2 is 1.81 bits per heavy atom. The molecule has 0 aliphatic heterocycles. The molecule has 0 radical (unpaired) electrons. The van der Waals surface area contributed by atoms with Gasteiger partial charge in [-0.3, -0.25) is 15.5 Å². The van der Waals surface area contributed by atoms with Crippen molar-refractivity contribution >= 4 is 50.8 Å². The summed E-state index contributed by atoms with van der Waals surface area (Å²) in [6, 6.07) is 12.9. The fourth-order valence-corrected chi connectivity index (χ4v) is 7.32. The maximum absolute atomic E-state index is 13.6. The molecule has 190 valence electrons. The molecule has 2 aromatic carbocycles. The van der Waals surface area contributed by atoms with Gasteiger partial charge in [-0.05, 0) is 81.0 Å². The lowest BCUT2D eigenvalue weighted by Crippen LogP contribution is -2.36. The number of amides is 2. The van der Waals surface area contributed by atoms with Gasteiger partial charge in [-0.15, -0.1) is 23.1 Å². The summed E-state index contributed by atoms with van der Waals surface area (Å²) in [6.07, 6.45) is 0.959. The van der Waals surface area contributed by atoms with Crippen molar-refractivity contribution in [3.63, 3.8) is 0 Å². The van der Waals surface area contributed by atoms with Gasteiger partial charge in [0.25, 0.3) is 0 Å². The first-order chi connectivity index (χ1) is 16.7. The molecule has 0 aliphatic carbocycles. The van der Waals surface area contributed by atoms with Crippen molar-refractivity contribution in [2.45, 2.75) is 47.3 Å². The number of hydrogen-bond donors (Lipinski definition) is 3. The molecular formula is C25H27N3O5S3. The summed E-state index contributed by atoms with van der Waals surface area (Å²) in [5.74, 6) is -0.782. The standard InChI is InChI=1S/C25H27N3O5S3/c1-14-11-16(22(27)29)9-10-18(14)15-7-6-8-17(12-15)36(31,32)20-13-19(35-23(20)34-5)21(26)28-24(30)33-25(2,3)4/h6-13H,1-5H3,(H2,27,29)(H2,26,28,30). The van der Waals surface area contributed by atoms with E-state index in [0.29, 0.717) is 15.3 Å². The first kappa shape index (κ1) is 27.4. The van der Waals surface area contributed by atoms with Crippen LogP contribution < -0.4 is 11.1 Å². The minimum absolute atomic E-state index is 0.0590. The van der Waals surface area contributed by atoms with Gasteiger partial charge in [0.2, 0.25) is 15.7 Å². The number of sulfone groups is 1. The number of benzene rings is 2. The summed E-state index contributed by atoms with van der Waals surface area (Å²) >= 11 is 2.35. The average Bonchev–Trinajstić information content (AvgIpc) is 3.23. The van der Waals surface area contributed by atoms with Crippen LogP contribution in [0, 0.1) is 12.3 Å². The van der Waals surface area contributed by atoms with Crippen LogP contribution in [0.1, 0.15) is 41.6 Å². The molecule has 0 unspecified atom stereocenters. The molecule has 2 amide bonds. The second-order valence-electron chi connectivity index (χ2n) is 8.89. The number of nitrogens with two attached hydrogens (primary N) is 1. The molecule has 0 bridgehead atoms. The van der Waals surface area contributed by atoms with Crippen molar-refractivity contribution in [3.05, 3.63) is 64.5 Å². The lowest BCUT2D eigenvalue weighted by molar-refractivity contribution is 0.0563. The lowest BCUT2D eigenvalue weighted by atomic mass is 9.98. The van der Waals surface area contributed by atoms with E-state index in [2.05, 4.69) is 5.32 Å². The topological polar surface area (TPSA) is 139 Å². The van der Waals surface area contributed by atoms with Gasteiger partial charge >= 0.3 is 6.09 Å². The Kier molecular flexibility index (Phi) is 7.97. The SMILES string of the molecule is CSc1sc(C(=N)NC(=O)OC(C)(C)C)cc1S(=O)(=O)c1cccc(-c2ccc(C(N)=O)cc2C)c1. The van der Waals surface area contributed by atoms with Crippen molar-refractivity contribution in [2.75, 3.05) is 6.26 Å². The predicted molar refractivity (Wildman–Crippen MR) is 143 cm³/mol. The molecule has 0 atom stereocenters. The van der Waals surface area contributed by atoms with Crippen LogP contribution in [0.3, 0.4) is 0 Å². The van der Waals surface area contributed by atoms with Gasteiger partial charge in [-0.1, -0.05) is 18.2 Å². The van der Waals surface area contributed by atoms with E-state index >= 15 is 0 Å². The minimum Gasteiger partial charge on any atom is -0.444 e. The number of aryl methyl sites for hydroxylation is 1. The molecule has 8 nitrogen and oxygen atoms in total. The van der Waals surface area contributed by atoms with Crippen LogP contribution in [0.2, 0.25) is 0 Å². The van der Waals surface area contributed by atoms with Crippen LogP contribution in [-0.4, -0.2) is 38.1 Å². The Balaban J connectivity index is 1.96. The van der Waals surface area contributed by atoms with Crippen LogP contribution in [0.5, 0.6) is 0 Å². The zero-order valence-electron chi connectivity index (χ0n) is 20.5. The quantitative estimate of drug-likeness (QED) is 0.220. The summed E-state index contributed by atoms with van der Waals surface area (Å²) in [4.78, 5) is 24.0. The molecular weight excluding hydrogens is 518 g/mol. The molecule has 4 N–H and O–H groups in total. The third kappa shape index (κ3) is 6.15. The van der Waals surface area contributed by atoms with E-state index in [1.807, 2.05) is 6.92 Å². The third-order valence-corrected chi connectivity index (χ3v) is 9.30. The molecule has 0 saturated carbocycles. The van der Waals surface area contributed by atoms with Crippen LogP contribution in [0.4, 0.5) is 4.79 Å². The first-order valence-corrected chi connectivity index (χ1v) is 14.3. The highest BCUT2D eigenvalue weighted by atomic mass is 32.2. The molecule has 0 saturated heterocycles. The Morgan fingerprint density at radius 3 is 2.39 bits per heavy atom. The van der Waals surface area contributed by atoms with Gasteiger partial charge in [-0.25, -0.2) is 13.2 Å². The molecule has 0 fully saturated rings. The van der Waals surface area contributed by atoms with E-state index < -0.39 is 27.4 Å². The summed E-state index contributed by atoms with van der Waals surface area (Å²) in [7, 11) is -3.94. The minimum atomic E-state index is -3.94. The van der Waals surface area contributed by atoms with E-state index in [0.717, 1.165) is 22.5 Å². The number of hydrogen-bond acceptors (Lipinski definition) is 8. The van der Waals surface area contributed by atoms with E-state index in [1.165, 1.54) is 23.9 Å².